The Morgan fingerprint density at radius 1 is 1.30 bits per heavy atom. The second kappa shape index (κ2) is 8.39. The quantitative estimate of drug-likeness (QED) is 0.748. The number of nitrogens with one attached hydrogen (secondary N) is 2. The molecule has 144 valence electrons. The van der Waals surface area contributed by atoms with Crippen LogP contribution in [-0.2, 0) is 16.3 Å². The number of methoxy groups -OCH3 is 1. The maximum atomic E-state index is 12.2. The smallest absolute Gasteiger partial charge is 0.269 e. The van der Waals surface area contributed by atoms with Crippen LogP contribution in [0.4, 0.5) is 5.69 Å². The van der Waals surface area contributed by atoms with Crippen molar-refractivity contribution in [3.63, 3.8) is 0 Å². The summed E-state index contributed by atoms with van der Waals surface area (Å²) < 4.78 is 28.2. The Balaban J connectivity index is 1.48. The van der Waals surface area contributed by atoms with E-state index in [0.29, 0.717) is 30.8 Å². The number of nitrogens with zero attached hydrogens (tertiary/aromatic N) is 1. The number of pyridine rings is 1. The Labute approximate surface area is 159 Å². The summed E-state index contributed by atoms with van der Waals surface area (Å²) in [6.07, 6.45) is 2.84. The predicted molar refractivity (Wildman–Crippen MR) is 104 cm³/mol. The van der Waals surface area contributed by atoms with Gasteiger partial charge in [-0.15, -0.1) is 0 Å². The molecule has 1 atom stereocenters. The molecule has 1 saturated heterocycles. The van der Waals surface area contributed by atoms with Crippen LogP contribution in [0.3, 0.4) is 0 Å². The minimum Gasteiger partial charge on any atom is -0.497 e. The van der Waals surface area contributed by atoms with E-state index >= 15 is 0 Å². The highest BCUT2D eigenvalue weighted by atomic mass is 32.2. The van der Waals surface area contributed by atoms with E-state index in [4.69, 9.17) is 4.74 Å². The summed E-state index contributed by atoms with van der Waals surface area (Å²) in [5, 5.41) is 6.00. The van der Waals surface area contributed by atoms with Gasteiger partial charge in [0.05, 0.1) is 30.5 Å². The van der Waals surface area contributed by atoms with E-state index in [0.717, 1.165) is 11.3 Å². The van der Waals surface area contributed by atoms with Gasteiger partial charge < -0.3 is 15.4 Å². The molecule has 1 aliphatic rings. The van der Waals surface area contributed by atoms with Crippen molar-refractivity contribution in [1.82, 2.24) is 10.3 Å². The topological polar surface area (TPSA) is 97.4 Å². The Morgan fingerprint density at radius 2 is 2.15 bits per heavy atom. The van der Waals surface area contributed by atoms with Crippen LogP contribution in [0.1, 0.15) is 22.5 Å². The summed E-state index contributed by atoms with van der Waals surface area (Å²) in [7, 11) is -1.31. The Bertz CT molecular complexity index is 897. The molecule has 1 aliphatic heterocycles. The second-order valence-electron chi connectivity index (χ2n) is 6.53. The lowest BCUT2D eigenvalue weighted by Gasteiger charge is -2.12. The molecule has 2 heterocycles. The summed E-state index contributed by atoms with van der Waals surface area (Å²) >= 11 is 0. The Hall–Kier alpha value is -2.61. The summed E-state index contributed by atoms with van der Waals surface area (Å²) in [6, 6.07) is 11.0. The van der Waals surface area contributed by atoms with Gasteiger partial charge in [-0.3, -0.25) is 4.79 Å². The molecule has 0 saturated carbocycles. The third-order valence-corrected chi connectivity index (χ3v) is 6.20. The highest BCUT2D eigenvalue weighted by molar-refractivity contribution is 7.91. The van der Waals surface area contributed by atoms with Crippen molar-refractivity contribution in [1.29, 1.82) is 0 Å². The fourth-order valence-electron chi connectivity index (χ4n) is 3.00. The largest absolute Gasteiger partial charge is 0.497 e. The molecule has 0 spiro atoms. The second-order valence-corrected chi connectivity index (χ2v) is 8.76. The van der Waals surface area contributed by atoms with Crippen LogP contribution in [0.2, 0.25) is 0 Å². The number of ether oxygens (including phenoxy) is 1. The van der Waals surface area contributed by atoms with E-state index in [9.17, 15) is 13.2 Å². The monoisotopic (exact) mass is 389 g/mol. The molecular weight excluding hydrogens is 366 g/mol. The normalized spacial score (nSPS) is 18.0. The molecule has 0 aliphatic carbocycles. The van der Waals surface area contributed by atoms with E-state index in [1.54, 1.807) is 25.4 Å². The number of aromatic nitrogens is 1. The number of hydrogen-bond donors (Lipinski definition) is 2. The Morgan fingerprint density at radius 3 is 2.81 bits per heavy atom. The predicted octanol–water partition coefficient (Wildman–Crippen LogP) is 1.66. The van der Waals surface area contributed by atoms with Gasteiger partial charge >= 0.3 is 0 Å². The van der Waals surface area contributed by atoms with Crippen LogP contribution in [0.5, 0.6) is 5.75 Å². The van der Waals surface area contributed by atoms with Crippen molar-refractivity contribution in [2.75, 3.05) is 30.5 Å². The summed E-state index contributed by atoms with van der Waals surface area (Å²) in [6.45, 7) is 0.494. The number of carbonyl (C=O) groups excluding carboxylic acids is 1. The molecule has 0 bridgehead atoms. The lowest BCUT2D eigenvalue weighted by Crippen LogP contribution is -2.26. The van der Waals surface area contributed by atoms with Crippen molar-refractivity contribution < 1.29 is 17.9 Å². The lowest BCUT2D eigenvalue weighted by molar-refractivity contribution is 0.0949. The van der Waals surface area contributed by atoms with Crippen LogP contribution in [0.15, 0.2) is 42.6 Å². The molecule has 1 aromatic heterocycles. The number of carbonyl (C=O) groups is 1. The van der Waals surface area contributed by atoms with Crippen LogP contribution in [0, 0.1) is 0 Å². The van der Waals surface area contributed by atoms with Crippen LogP contribution in [0.25, 0.3) is 0 Å². The van der Waals surface area contributed by atoms with Gasteiger partial charge in [-0.25, -0.2) is 13.4 Å². The molecule has 3 rings (SSSR count). The van der Waals surface area contributed by atoms with E-state index in [-0.39, 0.29) is 23.5 Å². The molecule has 1 aromatic carbocycles. The third-order valence-electron chi connectivity index (χ3n) is 4.43. The number of hydrogen-bond acceptors (Lipinski definition) is 6. The van der Waals surface area contributed by atoms with E-state index in [2.05, 4.69) is 15.6 Å². The first-order valence-electron chi connectivity index (χ1n) is 8.79. The highest BCUT2D eigenvalue weighted by Gasteiger charge is 2.27. The molecule has 1 unspecified atom stereocenters. The molecule has 7 nitrogen and oxygen atoms in total. The SMILES string of the molecule is COc1cccc(CCNC(=O)c2ccc(NC3CCS(=O)(=O)C3)cn2)c1. The van der Waals surface area contributed by atoms with Crippen LogP contribution < -0.4 is 15.4 Å². The van der Waals surface area contributed by atoms with Crippen molar-refractivity contribution >= 4 is 21.4 Å². The average Bonchev–Trinajstić information content (AvgIpc) is 3.00. The molecule has 27 heavy (non-hydrogen) atoms. The molecular formula is C19H23N3O4S. The first-order valence-corrected chi connectivity index (χ1v) is 10.6. The van der Waals surface area contributed by atoms with E-state index in [1.165, 1.54) is 0 Å². The third kappa shape index (κ3) is 5.43. The number of amides is 1. The van der Waals surface area contributed by atoms with Crippen molar-refractivity contribution in [2.24, 2.45) is 0 Å². The summed E-state index contributed by atoms with van der Waals surface area (Å²) in [4.78, 5) is 16.4. The van der Waals surface area contributed by atoms with Gasteiger partial charge in [-0.1, -0.05) is 12.1 Å². The number of rotatable bonds is 7. The molecule has 0 radical (unpaired) electrons. The summed E-state index contributed by atoms with van der Waals surface area (Å²) in [5.74, 6) is 0.900. The summed E-state index contributed by atoms with van der Waals surface area (Å²) in [5.41, 5.74) is 2.11. The zero-order valence-corrected chi connectivity index (χ0v) is 16.0. The minimum atomic E-state index is -2.93. The standard InChI is InChI=1S/C19H23N3O4S/c1-26-17-4-2-3-14(11-17)7-9-20-19(23)18-6-5-15(12-21-18)22-16-8-10-27(24,25)13-16/h2-6,11-12,16,22H,7-10,13H2,1H3,(H,20,23). The van der Waals surface area contributed by atoms with Crippen molar-refractivity contribution in [2.45, 2.75) is 18.9 Å². The van der Waals surface area contributed by atoms with Gasteiger partial charge in [0, 0.05) is 12.6 Å². The number of benzene rings is 1. The fraction of sp³-hybridized carbons (Fsp3) is 0.368. The minimum absolute atomic E-state index is 0.0978. The van der Waals surface area contributed by atoms with E-state index < -0.39 is 9.84 Å². The number of sulfone groups is 1. The van der Waals surface area contributed by atoms with Gasteiger partial charge in [0.15, 0.2) is 9.84 Å². The van der Waals surface area contributed by atoms with Gasteiger partial charge in [0.25, 0.3) is 5.91 Å². The van der Waals surface area contributed by atoms with Crippen LogP contribution >= 0.6 is 0 Å². The van der Waals surface area contributed by atoms with Gasteiger partial charge in [0.1, 0.15) is 11.4 Å². The first-order chi connectivity index (χ1) is 12.9. The maximum Gasteiger partial charge on any atom is 0.269 e. The Kier molecular flexibility index (Phi) is 5.95. The number of anilines is 1. The van der Waals surface area contributed by atoms with Gasteiger partial charge in [0.2, 0.25) is 0 Å². The zero-order chi connectivity index (χ0) is 19.3. The maximum absolute atomic E-state index is 12.2. The molecule has 2 aromatic rings. The highest BCUT2D eigenvalue weighted by Crippen LogP contribution is 2.17. The van der Waals surface area contributed by atoms with E-state index in [1.807, 2.05) is 24.3 Å². The average molecular weight is 389 g/mol. The van der Waals surface area contributed by atoms with Gasteiger partial charge in [-0.2, -0.15) is 0 Å². The molecule has 1 amide bonds. The van der Waals surface area contributed by atoms with Gasteiger partial charge in [-0.05, 0) is 42.7 Å². The first kappa shape index (κ1) is 19.2. The lowest BCUT2D eigenvalue weighted by atomic mass is 10.1. The molecule has 1 fully saturated rings. The zero-order valence-electron chi connectivity index (χ0n) is 15.1. The molecule has 8 heteroatoms. The van der Waals surface area contributed by atoms with Crippen LogP contribution in [-0.4, -0.2) is 50.5 Å². The van der Waals surface area contributed by atoms with Crippen molar-refractivity contribution in [3.8, 4) is 5.75 Å². The van der Waals surface area contributed by atoms with Crippen molar-refractivity contribution in [3.05, 3.63) is 53.9 Å². The fourth-order valence-corrected chi connectivity index (χ4v) is 4.67. The molecule has 2 N–H and O–H groups in total.